The molecule has 10 nitrogen and oxygen atoms in total. The van der Waals surface area contributed by atoms with Gasteiger partial charge in [-0.05, 0) is 68.2 Å². The molecule has 2 amide bonds. The first-order chi connectivity index (χ1) is 20.2. The number of hydrogen-bond donors (Lipinski definition) is 3. The summed E-state index contributed by atoms with van der Waals surface area (Å²) in [5.41, 5.74) is -5.73. The number of aliphatic carboxylic acids is 1. The Balaban J connectivity index is 1.33. The van der Waals surface area contributed by atoms with Gasteiger partial charge in [-0.25, -0.2) is 12.8 Å². The maximum atomic E-state index is 14.7. The Kier molecular flexibility index (Phi) is 8.05. The highest BCUT2D eigenvalue weighted by atomic mass is 32.2. The van der Waals surface area contributed by atoms with Crippen LogP contribution < -0.4 is 20.1 Å². The van der Waals surface area contributed by atoms with E-state index in [4.69, 9.17) is 14.6 Å². The van der Waals surface area contributed by atoms with Gasteiger partial charge in [0.05, 0.1) is 29.4 Å². The lowest BCUT2D eigenvalue weighted by Crippen LogP contribution is -2.48. The molecule has 4 atom stereocenters. The molecule has 0 spiro atoms. The first kappa shape index (κ1) is 30.6. The van der Waals surface area contributed by atoms with Crippen LogP contribution in [0.5, 0.6) is 11.5 Å². The van der Waals surface area contributed by atoms with E-state index < -0.39 is 67.8 Å². The largest absolute Gasteiger partial charge is 0.501 e. The predicted octanol–water partition coefficient (Wildman–Crippen LogP) is 4.15. The number of halogens is 4. The van der Waals surface area contributed by atoms with E-state index in [1.165, 1.54) is 13.2 Å². The van der Waals surface area contributed by atoms with Gasteiger partial charge in [-0.3, -0.25) is 14.4 Å². The van der Waals surface area contributed by atoms with Crippen molar-refractivity contribution in [1.82, 2.24) is 5.32 Å². The van der Waals surface area contributed by atoms with E-state index in [-0.39, 0.29) is 47.4 Å². The number of alkyl halides is 3. The molecule has 0 radical (unpaired) electrons. The summed E-state index contributed by atoms with van der Waals surface area (Å²) in [6, 6.07) is 5.32. The third-order valence-electron chi connectivity index (χ3n) is 8.47. The van der Waals surface area contributed by atoms with E-state index in [1.54, 1.807) is 0 Å². The number of amides is 2. The van der Waals surface area contributed by atoms with E-state index in [2.05, 4.69) is 10.6 Å². The van der Waals surface area contributed by atoms with Crippen LogP contribution in [0.3, 0.4) is 0 Å². The Labute approximate surface area is 243 Å². The van der Waals surface area contributed by atoms with Crippen molar-refractivity contribution in [1.29, 1.82) is 0 Å². The summed E-state index contributed by atoms with van der Waals surface area (Å²) in [7, 11) is -4.38. The Morgan fingerprint density at radius 3 is 2.35 bits per heavy atom. The van der Waals surface area contributed by atoms with Crippen LogP contribution >= 0.6 is 0 Å². The topological polar surface area (TPSA) is 148 Å². The van der Waals surface area contributed by atoms with E-state index >= 15 is 0 Å². The highest BCUT2D eigenvalue weighted by Gasteiger charge is 2.52. The summed E-state index contributed by atoms with van der Waals surface area (Å²) in [6.07, 6.45) is 1.87. The maximum Gasteiger partial charge on any atom is 0.501 e. The normalized spacial score (nSPS) is 26.3. The number of anilines is 1. The van der Waals surface area contributed by atoms with Gasteiger partial charge in [0.2, 0.25) is 5.91 Å². The number of nitrogens with one attached hydrogen (secondary N) is 2. The molecule has 232 valence electrons. The number of methoxy groups -OCH3 is 1. The minimum atomic E-state index is -5.63. The van der Waals surface area contributed by atoms with Crippen molar-refractivity contribution >= 4 is 33.3 Å². The molecule has 5 rings (SSSR count). The lowest BCUT2D eigenvalue weighted by atomic mass is 9.82. The molecule has 3 N–H and O–H groups in total. The first-order valence-electron chi connectivity index (χ1n) is 13.5. The number of carbonyl (C=O) groups is 3. The summed E-state index contributed by atoms with van der Waals surface area (Å²) < 4.78 is 88.3. The number of benzene rings is 2. The monoisotopic (exact) mass is 628 g/mol. The number of fused-ring (bicyclic) bond motifs is 2. The molecule has 15 heteroatoms. The van der Waals surface area contributed by atoms with Crippen LogP contribution in [0, 0.1) is 29.5 Å². The molecule has 3 fully saturated rings. The van der Waals surface area contributed by atoms with Crippen molar-refractivity contribution in [2.24, 2.45) is 23.7 Å². The SMILES string of the molecule is COc1cc(F)c(O[C@H]2C[C@H](C(=O)O)C2)cc1C(=O)NC1[C@H]2CC[C@H](C2)[C@@H]1C(=O)Nc1cccc(S(=O)(=O)C(F)(F)F)c1. The van der Waals surface area contributed by atoms with Gasteiger partial charge in [0.15, 0.2) is 11.6 Å². The van der Waals surface area contributed by atoms with Crippen LogP contribution in [0.25, 0.3) is 0 Å². The van der Waals surface area contributed by atoms with Crippen molar-refractivity contribution in [3.63, 3.8) is 0 Å². The third kappa shape index (κ3) is 5.86. The van der Waals surface area contributed by atoms with E-state index in [1.807, 2.05) is 0 Å². The van der Waals surface area contributed by atoms with Gasteiger partial charge >= 0.3 is 11.5 Å². The number of rotatable bonds is 9. The Bertz CT molecular complexity index is 1560. The highest BCUT2D eigenvalue weighted by Crippen LogP contribution is 2.49. The molecular formula is C28H28F4N2O8S. The van der Waals surface area contributed by atoms with Gasteiger partial charge in [-0.1, -0.05) is 6.07 Å². The van der Waals surface area contributed by atoms with Crippen molar-refractivity contribution in [3.8, 4) is 11.5 Å². The molecule has 2 bridgehead atoms. The number of hydrogen-bond acceptors (Lipinski definition) is 7. The molecule has 1 unspecified atom stereocenters. The molecule has 0 aliphatic heterocycles. The summed E-state index contributed by atoms with van der Waals surface area (Å²) >= 11 is 0. The van der Waals surface area contributed by atoms with Gasteiger partial charge in [0, 0.05) is 17.8 Å². The van der Waals surface area contributed by atoms with Gasteiger partial charge in [0.1, 0.15) is 11.9 Å². The number of carbonyl (C=O) groups excluding carboxylic acids is 2. The quantitative estimate of drug-likeness (QED) is 0.351. The number of sulfone groups is 1. The molecule has 2 aromatic carbocycles. The van der Waals surface area contributed by atoms with Crippen LogP contribution in [0.15, 0.2) is 41.3 Å². The molecule has 0 saturated heterocycles. The number of carboxylic acid groups (broad SMARTS) is 1. The minimum Gasteiger partial charge on any atom is -0.496 e. The summed E-state index contributed by atoms with van der Waals surface area (Å²) in [4.78, 5) is 36.9. The Hall–Kier alpha value is -3.88. The van der Waals surface area contributed by atoms with Gasteiger partial charge < -0.3 is 25.2 Å². The van der Waals surface area contributed by atoms with Crippen LogP contribution in [0.4, 0.5) is 23.2 Å². The zero-order chi connectivity index (χ0) is 31.3. The predicted molar refractivity (Wildman–Crippen MR) is 142 cm³/mol. The molecular weight excluding hydrogens is 600 g/mol. The van der Waals surface area contributed by atoms with E-state index in [0.717, 1.165) is 36.8 Å². The fourth-order valence-electron chi connectivity index (χ4n) is 6.22. The molecule has 3 aliphatic carbocycles. The minimum absolute atomic E-state index is 0.0694. The van der Waals surface area contributed by atoms with Crippen molar-refractivity contribution in [2.75, 3.05) is 12.4 Å². The Morgan fingerprint density at radius 2 is 1.70 bits per heavy atom. The first-order valence-corrected chi connectivity index (χ1v) is 15.0. The smallest absolute Gasteiger partial charge is 0.496 e. The van der Waals surface area contributed by atoms with Crippen molar-refractivity contribution < 1.29 is 54.9 Å². The molecule has 0 aromatic heterocycles. The van der Waals surface area contributed by atoms with Gasteiger partial charge in [0.25, 0.3) is 15.7 Å². The standard InChI is InChI=1S/C28H28F4N2O8S/c1-41-21-12-20(29)22(42-17-8-15(9-17)27(37)38)11-19(21)25(35)34-24-14-6-5-13(7-14)23(24)26(36)33-16-3-2-4-18(10-16)43(39,40)28(30,31)32/h2-4,10-15,17,23-24H,5-9H2,1H3,(H,33,36)(H,34,35)(H,37,38)/t13-,14+,15-,17-,23+,24?/m1/s1. The fraction of sp³-hybridized carbons (Fsp3) is 0.464. The van der Waals surface area contributed by atoms with Crippen LogP contribution in [0.2, 0.25) is 0 Å². The lowest BCUT2D eigenvalue weighted by Gasteiger charge is -2.33. The summed E-state index contributed by atoms with van der Waals surface area (Å²) in [5, 5.41) is 14.4. The lowest BCUT2D eigenvalue weighted by molar-refractivity contribution is -0.148. The van der Waals surface area contributed by atoms with Crippen LogP contribution in [-0.4, -0.2) is 56.1 Å². The Morgan fingerprint density at radius 1 is 1.00 bits per heavy atom. The molecule has 2 aromatic rings. The van der Waals surface area contributed by atoms with Crippen LogP contribution in [0.1, 0.15) is 42.5 Å². The second-order valence-corrected chi connectivity index (χ2v) is 13.0. The molecule has 3 aliphatic rings. The molecule has 43 heavy (non-hydrogen) atoms. The number of carboxylic acids is 1. The molecule has 0 heterocycles. The highest BCUT2D eigenvalue weighted by molar-refractivity contribution is 7.92. The average molecular weight is 629 g/mol. The summed E-state index contributed by atoms with van der Waals surface area (Å²) in [5.74, 6) is -4.96. The van der Waals surface area contributed by atoms with Crippen LogP contribution in [-0.2, 0) is 19.4 Å². The second kappa shape index (κ2) is 11.3. The molecule has 3 saturated carbocycles. The van der Waals surface area contributed by atoms with E-state index in [0.29, 0.717) is 12.8 Å². The number of ether oxygens (including phenoxy) is 2. The van der Waals surface area contributed by atoms with Gasteiger partial charge in [-0.2, -0.15) is 13.2 Å². The van der Waals surface area contributed by atoms with E-state index in [9.17, 15) is 40.4 Å². The van der Waals surface area contributed by atoms with Crippen molar-refractivity contribution in [3.05, 3.63) is 47.8 Å². The second-order valence-electron chi connectivity index (χ2n) is 11.1. The maximum absolute atomic E-state index is 14.7. The summed E-state index contributed by atoms with van der Waals surface area (Å²) in [6.45, 7) is 0. The zero-order valence-electron chi connectivity index (χ0n) is 22.7. The van der Waals surface area contributed by atoms with Gasteiger partial charge in [-0.15, -0.1) is 0 Å². The zero-order valence-corrected chi connectivity index (χ0v) is 23.5. The third-order valence-corrected chi connectivity index (χ3v) is 9.95. The average Bonchev–Trinajstić information content (AvgIpc) is 3.52. The van der Waals surface area contributed by atoms with Crippen molar-refractivity contribution in [2.45, 2.75) is 54.7 Å². The fourth-order valence-corrected chi connectivity index (χ4v) is 7.03.